The second-order valence-corrected chi connectivity index (χ2v) is 10.3. The molecular formula is C17H31N3O6S. The Kier molecular flexibility index (Phi) is 6.02. The molecule has 0 aliphatic carbocycles. The van der Waals surface area contributed by atoms with Gasteiger partial charge in [0.15, 0.2) is 0 Å². The zero-order valence-electron chi connectivity index (χ0n) is 16.5. The van der Waals surface area contributed by atoms with Gasteiger partial charge in [0.2, 0.25) is 0 Å². The van der Waals surface area contributed by atoms with Crippen molar-refractivity contribution in [2.24, 2.45) is 0 Å². The summed E-state index contributed by atoms with van der Waals surface area (Å²) in [7, 11) is -3.51. The molecule has 0 radical (unpaired) electrons. The Hall–Kier alpha value is -0.940. The molecule has 3 rings (SSSR count). The number of ether oxygens (including phenoxy) is 3. The predicted molar refractivity (Wildman–Crippen MR) is 98.6 cm³/mol. The second kappa shape index (κ2) is 7.82. The monoisotopic (exact) mass is 405 g/mol. The van der Waals surface area contributed by atoms with Crippen LogP contribution in [-0.4, -0.2) is 98.3 Å². The van der Waals surface area contributed by atoms with Gasteiger partial charge in [-0.3, -0.25) is 0 Å². The molecule has 0 aromatic heterocycles. The number of nitrogens with zero attached hydrogens (tertiary/aromatic N) is 3. The highest BCUT2D eigenvalue weighted by Gasteiger charge is 2.45. The van der Waals surface area contributed by atoms with Crippen LogP contribution in [0.2, 0.25) is 0 Å². The third-order valence-electron chi connectivity index (χ3n) is 5.16. The van der Waals surface area contributed by atoms with Crippen molar-refractivity contribution in [2.75, 3.05) is 59.1 Å². The second-order valence-electron chi connectivity index (χ2n) is 8.35. The van der Waals surface area contributed by atoms with Crippen molar-refractivity contribution in [3.8, 4) is 0 Å². The number of piperidine rings is 1. The van der Waals surface area contributed by atoms with Crippen LogP contribution in [0.5, 0.6) is 0 Å². The molecule has 27 heavy (non-hydrogen) atoms. The smallest absolute Gasteiger partial charge is 0.410 e. The SMILES string of the molecule is CC(C)(C)OC(=O)N1CCC2(CC1)CN(S(=O)(=O)N1CCOCC1)CCO2. The highest BCUT2D eigenvalue weighted by molar-refractivity contribution is 7.86. The molecule has 0 bridgehead atoms. The molecule has 3 aliphatic heterocycles. The molecule has 9 nitrogen and oxygen atoms in total. The lowest BCUT2D eigenvalue weighted by Gasteiger charge is -2.47. The van der Waals surface area contributed by atoms with E-state index < -0.39 is 21.4 Å². The van der Waals surface area contributed by atoms with Crippen LogP contribution in [0, 0.1) is 0 Å². The number of likely N-dealkylation sites (tertiary alicyclic amines) is 1. The topological polar surface area (TPSA) is 88.6 Å². The van der Waals surface area contributed by atoms with Gasteiger partial charge in [-0.25, -0.2) is 4.79 Å². The summed E-state index contributed by atoms with van der Waals surface area (Å²) < 4.78 is 45.6. The molecule has 0 atom stereocenters. The van der Waals surface area contributed by atoms with Crippen LogP contribution in [0.4, 0.5) is 4.79 Å². The van der Waals surface area contributed by atoms with Crippen LogP contribution in [0.3, 0.4) is 0 Å². The fourth-order valence-electron chi connectivity index (χ4n) is 3.67. The van der Waals surface area contributed by atoms with E-state index in [0.717, 1.165) is 0 Å². The molecule has 0 N–H and O–H groups in total. The summed E-state index contributed by atoms with van der Waals surface area (Å²) in [5.41, 5.74) is -1.06. The van der Waals surface area contributed by atoms with Crippen molar-refractivity contribution >= 4 is 16.3 Å². The maximum absolute atomic E-state index is 13.0. The third-order valence-corrected chi connectivity index (χ3v) is 7.14. The summed E-state index contributed by atoms with van der Waals surface area (Å²) in [5, 5.41) is 0. The van der Waals surface area contributed by atoms with Gasteiger partial charge in [0.25, 0.3) is 10.2 Å². The highest BCUT2D eigenvalue weighted by atomic mass is 32.2. The van der Waals surface area contributed by atoms with E-state index in [-0.39, 0.29) is 6.09 Å². The van der Waals surface area contributed by atoms with E-state index in [1.54, 1.807) is 4.90 Å². The summed E-state index contributed by atoms with van der Waals surface area (Å²) in [6.45, 7) is 9.22. The lowest BCUT2D eigenvalue weighted by atomic mass is 9.90. The van der Waals surface area contributed by atoms with Gasteiger partial charge < -0.3 is 19.1 Å². The van der Waals surface area contributed by atoms with Gasteiger partial charge in [-0.15, -0.1) is 0 Å². The number of rotatable bonds is 2. The molecule has 0 aromatic carbocycles. The summed E-state index contributed by atoms with van der Waals surface area (Å²) in [5.74, 6) is 0. The predicted octanol–water partition coefficient (Wildman–Crippen LogP) is 0.665. The number of carbonyl (C=O) groups is 1. The quantitative estimate of drug-likeness (QED) is 0.671. The summed E-state index contributed by atoms with van der Waals surface area (Å²) in [6.07, 6.45) is 0.869. The van der Waals surface area contributed by atoms with E-state index in [1.807, 2.05) is 20.8 Å². The van der Waals surface area contributed by atoms with Gasteiger partial charge in [0.05, 0.1) is 25.4 Å². The van der Waals surface area contributed by atoms with Crippen LogP contribution in [0.25, 0.3) is 0 Å². The van der Waals surface area contributed by atoms with E-state index in [2.05, 4.69) is 0 Å². The van der Waals surface area contributed by atoms with Crippen LogP contribution < -0.4 is 0 Å². The van der Waals surface area contributed by atoms with E-state index in [4.69, 9.17) is 14.2 Å². The Bertz CT molecular complexity index is 634. The van der Waals surface area contributed by atoms with Crippen molar-refractivity contribution < 1.29 is 27.4 Å². The molecular weight excluding hydrogens is 374 g/mol. The minimum atomic E-state index is -3.51. The molecule has 1 amide bonds. The Balaban J connectivity index is 1.60. The minimum absolute atomic E-state index is 0.328. The van der Waals surface area contributed by atoms with Crippen molar-refractivity contribution in [3.63, 3.8) is 0 Å². The lowest BCUT2D eigenvalue weighted by molar-refractivity contribution is -0.119. The Labute approximate surface area is 161 Å². The summed E-state index contributed by atoms with van der Waals surface area (Å²) in [6, 6.07) is 0. The first-order valence-corrected chi connectivity index (χ1v) is 11.0. The molecule has 3 aliphatic rings. The first-order valence-electron chi connectivity index (χ1n) is 9.56. The van der Waals surface area contributed by atoms with Crippen LogP contribution >= 0.6 is 0 Å². The van der Waals surface area contributed by atoms with Gasteiger partial charge in [0, 0.05) is 39.3 Å². The van der Waals surface area contributed by atoms with Gasteiger partial charge >= 0.3 is 6.09 Å². The number of carbonyl (C=O) groups excluding carboxylic acids is 1. The van der Waals surface area contributed by atoms with E-state index >= 15 is 0 Å². The molecule has 0 aromatic rings. The number of amides is 1. The largest absolute Gasteiger partial charge is 0.444 e. The fourth-order valence-corrected chi connectivity index (χ4v) is 5.31. The molecule has 156 valence electrons. The maximum atomic E-state index is 13.0. The number of morpholine rings is 2. The molecule has 1 spiro atoms. The number of hydrogen-bond donors (Lipinski definition) is 0. The third kappa shape index (κ3) is 4.92. The van der Waals surface area contributed by atoms with E-state index in [9.17, 15) is 13.2 Å². The van der Waals surface area contributed by atoms with Crippen molar-refractivity contribution in [1.29, 1.82) is 0 Å². The van der Waals surface area contributed by atoms with Crippen LogP contribution in [0.1, 0.15) is 33.6 Å². The van der Waals surface area contributed by atoms with E-state index in [0.29, 0.717) is 71.9 Å². The molecule has 0 unspecified atom stereocenters. The maximum Gasteiger partial charge on any atom is 0.410 e. The molecule has 3 saturated heterocycles. The van der Waals surface area contributed by atoms with Gasteiger partial charge in [-0.1, -0.05) is 0 Å². The lowest BCUT2D eigenvalue weighted by Crippen LogP contribution is -2.61. The minimum Gasteiger partial charge on any atom is -0.444 e. The van der Waals surface area contributed by atoms with Crippen molar-refractivity contribution in [2.45, 2.75) is 44.8 Å². The van der Waals surface area contributed by atoms with Gasteiger partial charge in [-0.2, -0.15) is 17.0 Å². The zero-order valence-corrected chi connectivity index (χ0v) is 17.3. The van der Waals surface area contributed by atoms with Gasteiger partial charge in [-0.05, 0) is 33.6 Å². The molecule has 0 saturated carbocycles. The average molecular weight is 406 g/mol. The van der Waals surface area contributed by atoms with Gasteiger partial charge in [0.1, 0.15) is 5.60 Å². The molecule has 3 fully saturated rings. The van der Waals surface area contributed by atoms with E-state index in [1.165, 1.54) is 8.61 Å². The standard InChI is InChI=1S/C17H31N3O6S/c1-16(2,3)26-15(21)18-6-4-17(5-7-18)14-20(10-13-25-17)27(22,23)19-8-11-24-12-9-19/h4-14H2,1-3H3. The zero-order chi connectivity index (χ0) is 19.7. The Morgan fingerprint density at radius 2 is 1.56 bits per heavy atom. The first-order chi connectivity index (χ1) is 12.6. The Morgan fingerprint density at radius 3 is 2.15 bits per heavy atom. The Morgan fingerprint density at radius 1 is 0.963 bits per heavy atom. The van der Waals surface area contributed by atoms with Crippen molar-refractivity contribution in [1.82, 2.24) is 13.5 Å². The fraction of sp³-hybridized carbons (Fsp3) is 0.941. The van der Waals surface area contributed by atoms with Crippen LogP contribution in [0.15, 0.2) is 0 Å². The average Bonchev–Trinajstić information content (AvgIpc) is 2.62. The summed E-state index contributed by atoms with van der Waals surface area (Å²) in [4.78, 5) is 13.9. The molecule has 3 heterocycles. The summed E-state index contributed by atoms with van der Waals surface area (Å²) >= 11 is 0. The first kappa shape index (κ1) is 20.8. The van der Waals surface area contributed by atoms with Crippen molar-refractivity contribution in [3.05, 3.63) is 0 Å². The normalized spacial score (nSPS) is 25.5. The van der Waals surface area contributed by atoms with Crippen LogP contribution in [-0.2, 0) is 24.4 Å². The molecule has 10 heteroatoms. The highest BCUT2D eigenvalue weighted by Crippen LogP contribution is 2.32. The number of hydrogen-bond acceptors (Lipinski definition) is 6.